The lowest BCUT2D eigenvalue weighted by Crippen LogP contribution is -2.21. The lowest BCUT2D eigenvalue weighted by atomic mass is 9.75. The topological polar surface area (TPSA) is 0 Å². The van der Waals surface area contributed by atoms with Gasteiger partial charge in [-0.15, -0.1) is 0 Å². The number of allylic oxidation sites excluding steroid dienone is 4. The van der Waals surface area contributed by atoms with E-state index in [0.29, 0.717) is 5.41 Å². The molecule has 0 saturated carbocycles. The van der Waals surface area contributed by atoms with Crippen LogP contribution in [-0.4, -0.2) is 0 Å². The Bertz CT molecular complexity index is 184. The molecule has 1 atom stereocenters. The molecule has 0 saturated heterocycles. The van der Waals surface area contributed by atoms with Crippen LogP contribution >= 0.6 is 0 Å². The maximum atomic E-state index is 2.37. The molecule has 0 heteroatoms. The minimum Gasteiger partial charge on any atom is -0.0845 e. The van der Waals surface area contributed by atoms with Crippen molar-refractivity contribution in [2.24, 2.45) is 11.3 Å². The van der Waals surface area contributed by atoms with Crippen LogP contribution in [0.1, 0.15) is 40.0 Å². The molecule has 0 spiro atoms. The fraction of sp³-hybridized carbons (Fsp3) is 0.667. The summed E-state index contributed by atoms with van der Waals surface area (Å²) < 4.78 is 0. The maximum Gasteiger partial charge on any atom is -0.0176 e. The minimum absolute atomic E-state index is 0.475. The van der Waals surface area contributed by atoms with E-state index in [9.17, 15) is 0 Å². The van der Waals surface area contributed by atoms with E-state index in [0.717, 1.165) is 5.92 Å². The molecule has 1 unspecified atom stereocenters. The Hall–Kier alpha value is -0.520. The van der Waals surface area contributed by atoms with E-state index in [4.69, 9.17) is 0 Å². The molecule has 0 fully saturated rings. The van der Waals surface area contributed by atoms with E-state index in [1.807, 2.05) is 0 Å². The van der Waals surface area contributed by atoms with E-state index in [1.54, 1.807) is 0 Å². The average molecular weight is 164 g/mol. The van der Waals surface area contributed by atoms with Gasteiger partial charge in [0.15, 0.2) is 0 Å². The van der Waals surface area contributed by atoms with Gasteiger partial charge in [0.2, 0.25) is 0 Å². The average Bonchev–Trinajstić information content (AvgIpc) is 2.32. The van der Waals surface area contributed by atoms with Crippen LogP contribution < -0.4 is 0 Å². The molecular formula is C12H20. The first-order valence-electron chi connectivity index (χ1n) is 5.00. The van der Waals surface area contributed by atoms with Crippen molar-refractivity contribution < 1.29 is 0 Å². The Morgan fingerprint density at radius 2 is 2.08 bits per heavy atom. The predicted molar refractivity (Wildman–Crippen MR) is 55.1 cm³/mol. The zero-order chi connectivity index (χ0) is 9.03. The van der Waals surface area contributed by atoms with Crippen LogP contribution in [0.15, 0.2) is 24.3 Å². The van der Waals surface area contributed by atoms with Gasteiger partial charge in [-0.2, -0.15) is 0 Å². The van der Waals surface area contributed by atoms with Crippen molar-refractivity contribution >= 4 is 0 Å². The number of hydrogen-bond acceptors (Lipinski definition) is 0. The molecule has 0 aliphatic heterocycles. The molecule has 0 aromatic carbocycles. The van der Waals surface area contributed by atoms with Crippen LogP contribution in [-0.2, 0) is 0 Å². The molecule has 0 heterocycles. The molecular weight excluding hydrogens is 144 g/mol. The molecule has 68 valence electrons. The summed E-state index contributed by atoms with van der Waals surface area (Å²) >= 11 is 0. The van der Waals surface area contributed by atoms with Crippen molar-refractivity contribution in [1.82, 2.24) is 0 Å². The smallest absolute Gasteiger partial charge is 0.0176 e. The highest BCUT2D eigenvalue weighted by atomic mass is 14.3. The van der Waals surface area contributed by atoms with Gasteiger partial charge in [-0.05, 0) is 24.2 Å². The Morgan fingerprint density at radius 1 is 1.33 bits per heavy atom. The maximum absolute atomic E-state index is 2.37. The van der Waals surface area contributed by atoms with Gasteiger partial charge in [0.1, 0.15) is 0 Å². The van der Waals surface area contributed by atoms with E-state index in [1.165, 1.54) is 19.3 Å². The second kappa shape index (κ2) is 3.93. The Labute approximate surface area is 76.4 Å². The molecule has 1 rings (SSSR count). The van der Waals surface area contributed by atoms with Gasteiger partial charge >= 0.3 is 0 Å². The Morgan fingerprint density at radius 3 is 2.75 bits per heavy atom. The standard InChI is InChI=1S/C12H20/c1-4-12(2,3)11-9-7-5-6-8-10-11/h5-7,9,11H,4,8,10H2,1-3H3. The predicted octanol–water partition coefficient (Wildman–Crippen LogP) is 3.95. The van der Waals surface area contributed by atoms with Gasteiger partial charge < -0.3 is 0 Å². The van der Waals surface area contributed by atoms with Crippen molar-refractivity contribution in [1.29, 1.82) is 0 Å². The SMILES string of the molecule is CCC(C)(C)C1C=CC=CCC1. The highest BCUT2D eigenvalue weighted by molar-refractivity contribution is 5.09. The van der Waals surface area contributed by atoms with Crippen molar-refractivity contribution in [3.8, 4) is 0 Å². The third kappa shape index (κ3) is 2.23. The molecule has 12 heavy (non-hydrogen) atoms. The van der Waals surface area contributed by atoms with Crippen LogP contribution in [0.5, 0.6) is 0 Å². The molecule has 0 aromatic rings. The van der Waals surface area contributed by atoms with Gasteiger partial charge in [0.05, 0.1) is 0 Å². The van der Waals surface area contributed by atoms with E-state index in [-0.39, 0.29) is 0 Å². The summed E-state index contributed by atoms with van der Waals surface area (Å²) in [7, 11) is 0. The molecule has 1 aliphatic carbocycles. The van der Waals surface area contributed by atoms with Crippen LogP contribution in [0.3, 0.4) is 0 Å². The van der Waals surface area contributed by atoms with Crippen molar-refractivity contribution in [3.05, 3.63) is 24.3 Å². The second-order valence-electron chi connectivity index (χ2n) is 4.34. The summed E-state index contributed by atoms with van der Waals surface area (Å²) in [4.78, 5) is 0. The first-order valence-corrected chi connectivity index (χ1v) is 5.00. The van der Waals surface area contributed by atoms with Crippen LogP contribution in [0.25, 0.3) is 0 Å². The van der Waals surface area contributed by atoms with Crippen molar-refractivity contribution in [3.63, 3.8) is 0 Å². The van der Waals surface area contributed by atoms with Gasteiger partial charge in [-0.25, -0.2) is 0 Å². The zero-order valence-corrected chi connectivity index (χ0v) is 8.51. The molecule has 0 aromatic heterocycles. The number of rotatable bonds is 2. The van der Waals surface area contributed by atoms with Crippen LogP contribution in [0.2, 0.25) is 0 Å². The Kier molecular flexibility index (Phi) is 3.13. The highest BCUT2D eigenvalue weighted by Gasteiger charge is 2.24. The third-order valence-corrected chi connectivity index (χ3v) is 3.15. The number of hydrogen-bond donors (Lipinski definition) is 0. The van der Waals surface area contributed by atoms with E-state index >= 15 is 0 Å². The van der Waals surface area contributed by atoms with Crippen molar-refractivity contribution in [2.45, 2.75) is 40.0 Å². The van der Waals surface area contributed by atoms with Gasteiger partial charge in [0.25, 0.3) is 0 Å². The minimum atomic E-state index is 0.475. The van der Waals surface area contributed by atoms with Crippen molar-refractivity contribution in [2.75, 3.05) is 0 Å². The summed E-state index contributed by atoms with van der Waals surface area (Å²) in [5, 5.41) is 0. The fourth-order valence-corrected chi connectivity index (χ4v) is 1.66. The van der Waals surface area contributed by atoms with E-state index in [2.05, 4.69) is 45.1 Å². The summed E-state index contributed by atoms with van der Waals surface area (Å²) in [6.07, 6.45) is 12.8. The normalized spacial score (nSPS) is 24.1. The molecule has 1 aliphatic rings. The monoisotopic (exact) mass is 164 g/mol. The first kappa shape index (κ1) is 9.57. The van der Waals surface area contributed by atoms with Gasteiger partial charge in [-0.3, -0.25) is 0 Å². The Balaban J connectivity index is 2.63. The molecule has 0 radical (unpaired) electrons. The largest absolute Gasteiger partial charge is 0.0845 e. The molecule has 0 nitrogen and oxygen atoms in total. The first-order chi connectivity index (χ1) is 5.67. The highest BCUT2D eigenvalue weighted by Crippen LogP contribution is 2.35. The summed E-state index contributed by atoms with van der Waals surface area (Å²) in [5.41, 5.74) is 0.475. The summed E-state index contributed by atoms with van der Waals surface area (Å²) in [5.74, 6) is 0.762. The summed E-state index contributed by atoms with van der Waals surface area (Å²) in [6.45, 7) is 7.02. The second-order valence-corrected chi connectivity index (χ2v) is 4.34. The molecule has 0 bridgehead atoms. The molecule has 0 N–H and O–H groups in total. The summed E-state index contributed by atoms with van der Waals surface area (Å²) in [6, 6.07) is 0. The van der Waals surface area contributed by atoms with Gasteiger partial charge in [0, 0.05) is 0 Å². The van der Waals surface area contributed by atoms with Crippen LogP contribution in [0, 0.1) is 11.3 Å². The third-order valence-electron chi connectivity index (χ3n) is 3.15. The van der Waals surface area contributed by atoms with Crippen LogP contribution in [0.4, 0.5) is 0 Å². The quantitative estimate of drug-likeness (QED) is 0.580. The van der Waals surface area contributed by atoms with E-state index < -0.39 is 0 Å². The lowest BCUT2D eigenvalue weighted by molar-refractivity contribution is 0.238. The lowest BCUT2D eigenvalue weighted by Gasteiger charge is -2.30. The molecule has 0 amide bonds. The zero-order valence-electron chi connectivity index (χ0n) is 8.51. The van der Waals surface area contributed by atoms with Gasteiger partial charge in [-0.1, -0.05) is 51.5 Å². The fourth-order valence-electron chi connectivity index (χ4n) is 1.66.